The molecular formula is C20H31NO3Si. The number of fused-ring (bicyclic) bond motifs is 1. The minimum atomic E-state index is -2.01. The van der Waals surface area contributed by atoms with Gasteiger partial charge in [0, 0.05) is 17.1 Å². The summed E-state index contributed by atoms with van der Waals surface area (Å²) in [7, 11) is -0.579. The van der Waals surface area contributed by atoms with Crippen LogP contribution in [0.3, 0.4) is 0 Å². The van der Waals surface area contributed by atoms with Gasteiger partial charge in [-0.05, 0) is 49.0 Å². The van der Waals surface area contributed by atoms with Gasteiger partial charge >= 0.3 is 5.97 Å². The van der Waals surface area contributed by atoms with Crippen LogP contribution in [0.15, 0.2) is 30.5 Å². The number of para-hydroxylation sites is 1. The summed E-state index contributed by atoms with van der Waals surface area (Å²) < 4.78 is 11.3. The van der Waals surface area contributed by atoms with E-state index in [4.69, 9.17) is 9.16 Å². The van der Waals surface area contributed by atoms with Crippen molar-refractivity contribution in [3.63, 3.8) is 0 Å². The van der Waals surface area contributed by atoms with E-state index in [2.05, 4.69) is 63.2 Å². The molecule has 0 saturated heterocycles. The smallest absolute Gasteiger partial charge is 0.333 e. The number of aryl methyl sites for hydroxylation is 1. The Balaban J connectivity index is 2.02. The third-order valence-corrected chi connectivity index (χ3v) is 9.78. The predicted octanol–water partition coefficient (Wildman–Crippen LogP) is 5.05. The molecule has 0 aliphatic carbocycles. The third kappa shape index (κ3) is 4.73. The molecule has 0 spiro atoms. The largest absolute Gasteiger partial charge is 0.467 e. The van der Waals surface area contributed by atoms with Crippen LogP contribution in [0.1, 0.15) is 39.2 Å². The Morgan fingerprint density at radius 2 is 1.92 bits per heavy atom. The first kappa shape index (κ1) is 19.7. The molecule has 1 aromatic carbocycles. The summed E-state index contributed by atoms with van der Waals surface area (Å²) in [6, 6.07) is 8.29. The Kier molecular flexibility index (Phi) is 6.11. The molecule has 0 bridgehead atoms. The first-order valence-electron chi connectivity index (χ1n) is 8.96. The number of carbonyl (C=O) groups excluding carboxylic acids is 1. The molecule has 0 aliphatic heterocycles. The average Bonchev–Trinajstić information content (AvgIpc) is 2.95. The van der Waals surface area contributed by atoms with Crippen LogP contribution in [0.5, 0.6) is 0 Å². The number of rotatable bonds is 7. The van der Waals surface area contributed by atoms with Crippen molar-refractivity contribution >= 4 is 25.2 Å². The average molecular weight is 362 g/mol. The van der Waals surface area contributed by atoms with Crippen molar-refractivity contribution in [2.45, 2.75) is 64.3 Å². The molecule has 1 heterocycles. The lowest BCUT2D eigenvalue weighted by Crippen LogP contribution is -2.46. The Hall–Kier alpha value is -1.59. The standard InChI is InChI=1S/C20H31NO3Si/c1-20(2,3)25(5,6)24-18(19(22)23-4)13-9-10-15-14-21-17-12-8-7-11-16(15)17/h7-8,11-12,14,18,21H,9-10,13H2,1-6H3. The second-order valence-electron chi connectivity index (χ2n) is 8.14. The van der Waals surface area contributed by atoms with Crippen molar-refractivity contribution in [3.05, 3.63) is 36.0 Å². The van der Waals surface area contributed by atoms with Crippen molar-refractivity contribution < 1.29 is 14.0 Å². The minimum absolute atomic E-state index is 0.0656. The van der Waals surface area contributed by atoms with E-state index >= 15 is 0 Å². The first-order valence-corrected chi connectivity index (χ1v) is 11.9. The van der Waals surface area contributed by atoms with E-state index in [1.165, 1.54) is 18.1 Å². The van der Waals surface area contributed by atoms with Gasteiger partial charge in [0.2, 0.25) is 0 Å². The zero-order valence-corrected chi connectivity index (χ0v) is 17.3. The van der Waals surface area contributed by atoms with Crippen molar-refractivity contribution in [2.75, 3.05) is 7.11 Å². The summed E-state index contributed by atoms with van der Waals surface area (Å²) in [5.74, 6) is -0.260. The maximum atomic E-state index is 12.2. The summed E-state index contributed by atoms with van der Waals surface area (Å²) in [5, 5.41) is 1.32. The lowest BCUT2D eigenvalue weighted by molar-refractivity contribution is -0.149. The van der Waals surface area contributed by atoms with Crippen LogP contribution in [0.25, 0.3) is 10.9 Å². The molecule has 1 atom stereocenters. The van der Waals surface area contributed by atoms with E-state index in [1.54, 1.807) is 0 Å². The number of esters is 1. The van der Waals surface area contributed by atoms with Crippen LogP contribution in [0.4, 0.5) is 0 Å². The number of H-pyrrole nitrogens is 1. The van der Waals surface area contributed by atoms with Crippen LogP contribution < -0.4 is 0 Å². The number of benzene rings is 1. The Bertz CT molecular complexity index is 715. The lowest BCUT2D eigenvalue weighted by Gasteiger charge is -2.38. The van der Waals surface area contributed by atoms with Gasteiger partial charge in [-0.15, -0.1) is 0 Å². The van der Waals surface area contributed by atoms with Gasteiger partial charge in [-0.1, -0.05) is 39.0 Å². The molecule has 0 radical (unpaired) electrons. The molecule has 1 aromatic heterocycles. The van der Waals surface area contributed by atoms with Gasteiger partial charge in [-0.25, -0.2) is 4.79 Å². The Morgan fingerprint density at radius 3 is 2.56 bits per heavy atom. The highest BCUT2D eigenvalue weighted by Gasteiger charge is 2.40. The van der Waals surface area contributed by atoms with Gasteiger partial charge in [-0.2, -0.15) is 0 Å². The second kappa shape index (κ2) is 7.75. The van der Waals surface area contributed by atoms with Crippen LogP contribution in [0.2, 0.25) is 18.1 Å². The van der Waals surface area contributed by atoms with Gasteiger partial charge in [0.15, 0.2) is 8.32 Å². The van der Waals surface area contributed by atoms with Crippen LogP contribution >= 0.6 is 0 Å². The molecule has 0 saturated carbocycles. The highest BCUT2D eigenvalue weighted by atomic mass is 28.4. The van der Waals surface area contributed by atoms with Gasteiger partial charge in [-0.3, -0.25) is 0 Å². The summed E-state index contributed by atoms with van der Waals surface area (Å²) >= 11 is 0. The second-order valence-corrected chi connectivity index (χ2v) is 12.9. The summed E-state index contributed by atoms with van der Waals surface area (Å²) in [6.45, 7) is 10.9. The highest BCUT2D eigenvalue weighted by Crippen LogP contribution is 2.38. The molecule has 1 N–H and O–H groups in total. The van der Waals surface area contributed by atoms with Gasteiger partial charge in [0.1, 0.15) is 6.10 Å². The monoisotopic (exact) mass is 361 g/mol. The summed E-state index contributed by atoms with van der Waals surface area (Å²) in [5.41, 5.74) is 2.44. The van der Waals surface area contributed by atoms with Gasteiger partial charge in [0.25, 0.3) is 0 Å². The Labute approximate surface area is 152 Å². The number of nitrogens with one attached hydrogen (secondary N) is 1. The number of aromatic nitrogens is 1. The third-order valence-electron chi connectivity index (χ3n) is 5.29. The molecule has 1 unspecified atom stereocenters. The zero-order valence-electron chi connectivity index (χ0n) is 16.3. The number of hydrogen-bond acceptors (Lipinski definition) is 3. The zero-order chi connectivity index (χ0) is 18.7. The van der Waals surface area contributed by atoms with E-state index in [9.17, 15) is 4.79 Å². The number of hydrogen-bond donors (Lipinski definition) is 1. The quantitative estimate of drug-likeness (QED) is 0.554. The molecule has 0 aliphatic rings. The van der Waals surface area contributed by atoms with Gasteiger partial charge < -0.3 is 14.1 Å². The molecule has 25 heavy (non-hydrogen) atoms. The predicted molar refractivity (Wildman–Crippen MR) is 105 cm³/mol. The van der Waals surface area contributed by atoms with Crippen LogP contribution in [0, 0.1) is 0 Å². The van der Waals surface area contributed by atoms with Crippen LogP contribution in [-0.2, 0) is 20.4 Å². The highest BCUT2D eigenvalue weighted by molar-refractivity contribution is 6.74. The number of carbonyl (C=O) groups is 1. The molecule has 0 amide bonds. The fourth-order valence-electron chi connectivity index (χ4n) is 2.71. The maximum absolute atomic E-state index is 12.2. The number of aromatic amines is 1. The molecule has 5 heteroatoms. The molecular weight excluding hydrogens is 330 g/mol. The van der Waals surface area contributed by atoms with E-state index in [0.29, 0.717) is 6.42 Å². The number of methoxy groups -OCH3 is 1. The fourth-order valence-corrected chi connectivity index (χ4v) is 3.98. The lowest BCUT2D eigenvalue weighted by atomic mass is 10.1. The minimum Gasteiger partial charge on any atom is -0.467 e. The van der Waals surface area contributed by atoms with Crippen LogP contribution in [-0.4, -0.2) is 32.5 Å². The van der Waals surface area contributed by atoms with E-state index < -0.39 is 14.4 Å². The van der Waals surface area contributed by atoms with Gasteiger partial charge in [0.05, 0.1) is 7.11 Å². The summed E-state index contributed by atoms with van der Waals surface area (Å²) in [4.78, 5) is 15.5. The van der Waals surface area contributed by atoms with E-state index in [0.717, 1.165) is 18.4 Å². The van der Waals surface area contributed by atoms with Crippen molar-refractivity contribution in [2.24, 2.45) is 0 Å². The fraction of sp³-hybridized carbons (Fsp3) is 0.550. The van der Waals surface area contributed by atoms with Crippen molar-refractivity contribution in [3.8, 4) is 0 Å². The van der Waals surface area contributed by atoms with E-state index in [-0.39, 0.29) is 11.0 Å². The van der Waals surface area contributed by atoms with Crippen molar-refractivity contribution in [1.29, 1.82) is 0 Å². The molecule has 0 fully saturated rings. The molecule has 138 valence electrons. The van der Waals surface area contributed by atoms with Crippen molar-refractivity contribution in [1.82, 2.24) is 4.98 Å². The maximum Gasteiger partial charge on any atom is 0.333 e. The molecule has 2 aromatic rings. The number of ether oxygens (including phenoxy) is 1. The topological polar surface area (TPSA) is 51.3 Å². The summed E-state index contributed by atoms with van der Waals surface area (Å²) in [6.07, 6.45) is 4.07. The Morgan fingerprint density at radius 1 is 1.24 bits per heavy atom. The van der Waals surface area contributed by atoms with E-state index in [1.807, 2.05) is 6.07 Å². The molecule has 4 nitrogen and oxygen atoms in total. The molecule has 2 rings (SSSR count). The first-order chi connectivity index (χ1) is 11.7. The normalized spacial score (nSPS) is 13.8. The SMILES string of the molecule is COC(=O)C(CCCc1c[nH]c2ccccc12)O[Si](C)(C)C(C)(C)C.